The number of rotatable bonds is 3. The number of aryl methyl sites for hydroxylation is 1. The third-order valence-electron chi connectivity index (χ3n) is 4.19. The molecule has 0 aliphatic rings. The van der Waals surface area contributed by atoms with E-state index in [1.165, 1.54) is 10.1 Å². The van der Waals surface area contributed by atoms with E-state index in [9.17, 15) is 4.79 Å². The monoisotopic (exact) mass is 315 g/mol. The second kappa shape index (κ2) is 5.81. The van der Waals surface area contributed by atoms with Crippen molar-refractivity contribution in [2.24, 2.45) is 0 Å². The smallest absolute Gasteiger partial charge is 0.273 e. The molecule has 0 aliphatic carbocycles. The Kier molecular flexibility index (Phi) is 3.50. The first kappa shape index (κ1) is 14.5. The molecule has 2 aromatic heterocycles. The first-order valence-corrected chi connectivity index (χ1v) is 7.92. The van der Waals surface area contributed by atoms with Gasteiger partial charge in [0, 0.05) is 6.07 Å². The van der Waals surface area contributed by atoms with Gasteiger partial charge in [-0.2, -0.15) is 9.61 Å². The van der Waals surface area contributed by atoms with Gasteiger partial charge in [-0.05, 0) is 29.7 Å². The van der Waals surface area contributed by atoms with E-state index in [4.69, 9.17) is 0 Å². The van der Waals surface area contributed by atoms with Crippen molar-refractivity contribution in [3.63, 3.8) is 0 Å². The molecule has 0 unspecified atom stereocenters. The van der Waals surface area contributed by atoms with E-state index < -0.39 is 0 Å². The van der Waals surface area contributed by atoms with E-state index in [-0.39, 0.29) is 5.56 Å². The van der Waals surface area contributed by atoms with Gasteiger partial charge in [0.05, 0.1) is 6.54 Å². The molecule has 0 saturated heterocycles. The fourth-order valence-electron chi connectivity index (χ4n) is 2.96. The van der Waals surface area contributed by atoms with E-state index in [1.807, 2.05) is 61.5 Å². The van der Waals surface area contributed by atoms with Crippen LogP contribution in [-0.2, 0) is 6.54 Å². The summed E-state index contributed by atoms with van der Waals surface area (Å²) < 4.78 is 3.55. The number of fused-ring (bicyclic) bond motifs is 1. The van der Waals surface area contributed by atoms with Crippen LogP contribution >= 0.6 is 0 Å². The van der Waals surface area contributed by atoms with Crippen molar-refractivity contribution in [2.45, 2.75) is 13.5 Å². The number of pyridine rings is 1. The molecule has 2 heterocycles. The minimum Gasteiger partial charge on any atom is -0.309 e. The molecule has 0 amide bonds. The van der Waals surface area contributed by atoms with Gasteiger partial charge in [-0.3, -0.25) is 4.79 Å². The van der Waals surface area contributed by atoms with Crippen LogP contribution < -0.4 is 5.56 Å². The maximum atomic E-state index is 12.5. The van der Waals surface area contributed by atoms with Crippen molar-refractivity contribution in [1.82, 2.24) is 14.2 Å². The summed E-state index contributed by atoms with van der Waals surface area (Å²) in [6.07, 6.45) is 0. The van der Waals surface area contributed by atoms with Crippen molar-refractivity contribution < 1.29 is 0 Å². The van der Waals surface area contributed by atoms with Gasteiger partial charge in [0.2, 0.25) is 0 Å². The van der Waals surface area contributed by atoms with Crippen LogP contribution in [0.2, 0.25) is 0 Å². The summed E-state index contributed by atoms with van der Waals surface area (Å²) in [4.78, 5) is 12.5. The molecule has 0 radical (unpaired) electrons. The molecule has 0 aliphatic heterocycles. The van der Waals surface area contributed by atoms with E-state index in [1.54, 1.807) is 6.07 Å². The Morgan fingerprint density at radius 3 is 2.25 bits per heavy atom. The third kappa shape index (κ3) is 2.52. The summed E-state index contributed by atoms with van der Waals surface area (Å²) in [6, 6.07) is 23.8. The van der Waals surface area contributed by atoms with E-state index in [0.717, 1.165) is 22.6 Å². The lowest BCUT2D eigenvalue weighted by Crippen LogP contribution is -2.13. The second-order valence-corrected chi connectivity index (χ2v) is 5.84. The predicted octanol–water partition coefficient (Wildman–Crippen LogP) is 3.52. The zero-order valence-corrected chi connectivity index (χ0v) is 13.4. The number of hydrogen-bond acceptors (Lipinski definition) is 2. The summed E-state index contributed by atoms with van der Waals surface area (Å²) >= 11 is 0. The average Bonchev–Trinajstić information content (AvgIpc) is 2.93. The van der Waals surface area contributed by atoms with Gasteiger partial charge >= 0.3 is 0 Å². The van der Waals surface area contributed by atoms with Gasteiger partial charge in [-0.25, -0.2) is 0 Å². The summed E-state index contributed by atoms with van der Waals surface area (Å²) in [5.74, 6) is 0.821. The van der Waals surface area contributed by atoms with Gasteiger partial charge in [0.15, 0.2) is 0 Å². The molecule has 0 bridgehead atoms. The Bertz CT molecular complexity index is 1050. The molecule has 4 aromatic rings. The minimum absolute atomic E-state index is 0.110. The quantitative estimate of drug-likeness (QED) is 0.580. The fourth-order valence-corrected chi connectivity index (χ4v) is 2.96. The first-order valence-electron chi connectivity index (χ1n) is 7.92. The standard InChI is InChI=1S/C20H17N3O/c1-15-21-23-19(22(15)14-16-8-4-2-5-9-16)12-18(13-20(23)24)17-10-6-3-7-11-17/h2-13H,14H2,1H3. The summed E-state index contributed by atoms with van der Waals surface area (Å²) in [5.41, 5.74) is 3.82. The Morgan fingerprint density at radius 2 is 1.54 bits per heavy atom. The van der Waals surface area contributed by atoms with Crippen LogP contribution in [0.5, 0.6) is 0 Å². The highest BCUT2D eigenvalue weighted by molar-refractivity contribution is 5.67. The van der Waals surface area contributed by atoms with Gasteiger partial charge in [0.25, 0.3) is 5.56 Å². The molecular formula is C20H17N3O. The lowest BCUT2D eigenvalue weighted by Gasteiger charge is -2.07. The number of aromatic nitrogens is 3. The highest BCUT2D eigenvalue weighted by Gasteiger charge is 2.11. The predicted molar refractivity (Wildman–Crippen MR) is 95.2 cm³/mol. The lowest BCUT2D eigenvalue weighted by molar-refractivity contribution is 0.785. The fraction of sp³-hybridized carbons (Fsp3) is 0.100. The molecule has 0 saturated carbocycles. The van der Waals surface area contributed by atoms with E-state index in [2.05, 4.69) is 21.8 Å². The normalized spacial score (nSPS) is 11.0. The van der Waals surface area contributed by atoms with Crippen LogP contribution in [0.25, 0.3) is 16.8 Å². The number of nitrogens with zero attached hydrogens (tertiary/aromatic N) is 3. The summed E-state index contributed by atoms with van der Waals surface area (Å²) in [7, 11) is 0. The van der Waals surface area contributed by atoms with Crippen LogP contribution in [-0.4, -0.2) is 14.2 Å². The molecule has 0 fully saturated rings. The first-order chi connectivity index (χ1) is 11.7. The summed E-state index contributed by atoms with van der Waals surface area (Å²) in [5, 5.41) is 4.41. The van der Waals surface area contributed by atoms with Crippen LogP contribution in [0.15, 0.2) is 77.6 Å². The third-order valence-corrected chi connectivity index (χ3v) is 4.19. The van der Waals surface area contributed by atoms with Crippen molar-refractivity contribution in [2.75, 3.05) is 0 Å². The minimum atomic E-state index is -0.110. The Hall–Kier alpha value is -3.14. The largest absolute Gasteiger partial charge is 0.309 e. The molecule has 0 atom stereocenters. The molecule has 118 valence electrons. The molecule has 0 spiro atoms. The van der Waals surface area contributed by atoms with Gasteiger partial charge in [0.1, 0.15) is 11.5 Å². The zero-order valence-electron chi connectivity index (χ0n) is 13.4. The van der Waals surface area contributed by atoms with Crippen LogP contribution in [0.1, 0.15) is 11.4 Å². The maximum Gasteiger partial charge on any atom is 0.273 e. The van der Waals surface area contributed by atoms with Gasteiger partial charge < -0.3 is 4.57 Å². The SMILES string of the molecule is Cc1nn2c(=O)cc(-c3ccccc3)cc2n1Cc1ccccc1. The van der Waals surface area contributed by atoms with Crippen molar-refractivity contribution in [1.29, 1.82) is 0 Å². The Balaban J connectivity index is 1.90. The Labute approximate surface area is 139 Å². The summed E-state index contributed by atoms with van der Waals surface area (Å²) in [6.45, 7) is 2.62. The molecule has 4 rings (SSSR count). The lowest BCUT2D eigenvalue weighted by atomic mass is 10.1. The van der Waals surface area contributed by atoms with E-state index in [0.29, 0.717) is 6.54 Å². The van der Waals surface area contributed by atoms with E-state index >= 15 is 0 Å². The van der Waals surface area contributed by atoms with Gasteiger partial charge in [-0.15, -0.1) is 0 Å². The van der Waals surface area contributed by atoms with Crippen molar-refractivity contribution >= 4 is 5.65 Å². The van der Waals surface area contributed by atoms with Crippen LogP contribution in [0.4, 0.5) is 0 Å². The second-order valence-electron chi connectivity index (χ2n) is 5.84. The highest BCUT2D eigenvalue weighted by Crippen LogP contribution is 2.20. The van der Waals surface area contributed by atoms with Crippen LogP contribution in [0, 0.1) is 6.92 Å². The molecule has 2 aromatic carbocycles. The van der Waals surface area contributed by atoms with Gasteiger partial charge in [-0.1, -0.05) is 60.7 Å². The van der Waals surface area contributed by atoms with Crippen LogP contribution in [0.3, 0.4) is 0 Å². The topological polar surface area (TPSA) is 39.3 Å². The molecular weight excluding hydrogens is 298 g/mol. The molecule has 0 N–H and O–H groups in total. The zero-order chi connectivity index (χ0) is 16.5. The molecule has 4 heteroatoms. The number of benzene rings is 2. The average molecular weight is 315 g/mol. The van der Waals surface area contributed by atoms with Crippen molar-refractivity contribution in [3.05, 3.63) is 94.5 Å². The number of hydrogen-bond donors (Lipinski definition) is 0. The Morgan fingerprint density at radius 1 is 0.875 bits per heavy atom. The maximum absolute atomic E-state index is 12.5. The highest BCUT2D eigenvalue weighted by atomic mass is 16.1. The molecule has 24 heavy (non-hydrogen) atoms. The van der Waals surface area contributed by atoms with Crippen molar-refractivity contribution in [3.8, 4) is 11.1 Å². The molecule has 4 nitrogen and oxygen atoms in total.